The molecule has 5 nitrogen and oxygen atoms in total. The highest BCUT2D eigenvalue weighted by atomic mass is 32.1. The maximum Gasteiger partial charge on any atom is 0.275 e. The number of hydrogen-bond donors (Lipinski definition) is 0. The summed E-state index contributed by atoms with van der Waals surface area (Å²) in [5.74, 6) is 0.0216. The summed E-state index contributed by atoms with van der Waals surface area (Å²) in [6.45, 7) is 5.58. The molecule has 0 N–H and O–H groups in total. The first-order valence-corrected chi connectivity index (χ1v) is 9.41. The van der Waals surface area contributed by atoms with E-state index in [2.05, 4.69) is 24.0 Å². The SMILES string of the molecule is Cc1ccc(CN2CC[C@@H]3O[C@H](C(=O)N4CCCO4)CC[C@@H]32)s1. The molecule has 0 aromatic carbocycles. The van der Waals surface area contributed by atoms with Crippen molar-refractivity contribution in [2.45, 2.75) is 57.4 Å². The van der Waals surface area contributed by atoms with Gasteiger partial charge in [-0.1, -0.05) is 0 Å². The Morgan fingerprint density at radius 3 is 2.96 bits per heavy atom. The number of ether oxygens (including phenoxy) is 1. The lowest BCUT2D eigenvalue weighted by Gasteiger charge is -2.36. The van der Waals surface area contributed by atoms with Gasteiger partial charge in [-0.25, -0.2) is 5.06 Å². The molecule has 0 aliphatic carbocycles. The van der Waals surface area contributed by atoms with Gasteiger partial charge in [0.25, 0.3) is 5.91 Å². The maximum atomic E-state index is 12.4. The van der Waals surface area contributed by atoms with Gasteiger partial charge in [-0.05, 0) is 44.7 Å². The number of aryl methyl sites for hydroxylation is 1. The summed E-state index contributed by atoms with van der Waals surface area (Å²) in [6.07, 6.45) is 3.69. The number of hydroxylamine groups is 2. The number of amides is 1. The number of carbonyl (C=O) groups excluding carboxylic acids is 1. The molecule has 3 fully saturated rings. The molecule has 1 aromatic heterocycles. The van der Waals surface area contributed by atoms with Gasteiger partial charge in [0, 0.05) is 28.9 Å². The van der Waals surface area contributed by atoms with E-state index in [4.69, 9.17) is 9.57 Å². The zero-order chi connectivity index (χ0) is 15.8. The second kappa shape index (κ2) is 6.51. The van der Waals surface area contributed by atoms with Crippen LogP contribution >= 0.6 is 11.3 Å². The lowest BCUT2D eigenvalue weighted by molar-refractivity contribution is -0.189. The zero-order valence-corrected chi connectivity index (χ0v) is 14.4. The third-order valence-electron chi connectivity index (χ3n) is 5.09. The smallest absolute Gasteiger partial charge is 0.275 e. The molecule has 126 valence electrons. The van der Waals surface area contributed by atoms with E-state index in [1.165, 1.54) is 14.8 Å². The number of likely N-dealkylation sites (tertiary alicyclic amines) is 1. The Labute approximate surface area is 141 Å². The Balaban J connectivity index is 1.35. The minimum Gasteiger partial charge on any atom is -0.363 e. The number of carbonyl (C=O) groups is 1. The first-order chi connectivity index (χ1) is 11.2. The molecule has 0 saturated carbocycles. The van der Waals surface area contributed by atoms with Crippen LogP contribution in [0.3, 0.4) is 0 Å². The largest absolute Gasteiger partial charge is 0.363 e. The standard InChI is InChI=1S/C17H24N2O3S/c1-12-3-4-13(23-12)11-18-9-7-15-14(18)5-6-16(22-15)17(20)19-8-2-10-21-19/h3-4,14-16H,2,5-11H2,1H3/t14-,15-,16-/m0/s1. The molecule has 0 spiro atoms. The van der Waals surface area contributed by atoms with Crippen molar-refractivity contribution >= 4 is 17.2 Å². The molecule has 1 aromatic rings. The Bertz CT molecular complexity index is 570. The number of thiophene rings is 1. The molecule has 23 heavy (non-hydrogen) atoms. The van der Waals surface area contributed by atoms with E-state index in [1.54, 1.807) is 0 Å². The Morgan fingerprint density at radius 2 is 2.22 bits per heavy atom. The molecule has 1 amide bonds. The molecule has 3 atom stereocenters. The first kappa shape index (κ1) is 15.6. The van der Waals surface area contributed by atoms with E-state index in [0.29, 0.717) is 19.2 Å². The number of fused-ring (bicyclic) bond motifs is 1. The van der Waals surface area contributed by atoms with Crippen molar-refractivity contribution in [3.8, 4) is 0 Å². The van der Waals surface area contributed by atoms with Crippen LogP contribution in [0, 0.1) is 6.92 Å². The van der Waals surface area contributed by atoms with Crippen LogP contribution in [-0.4, -0.2) is 53.8 Å². The average Bonchev–Trinajstić information content (AvgIpc) is 3.28. The van der Waals surface area contributed by atoms with Gasteiger partial charge < -0.3 is 4.74 Å². The highest BCUT2D eigenvalue weighted by Gasteiger charge is 2.43. The van der Waals surface area contributed by atoms with Gasteiger partial charge >= 0.3 is 0 Å². The number of rotatable bonds is 3. The summed E-state index contributed by atoms with van der Waals surface area (Å²) in [7, 11) is 0. The maximum absolute atomic E-state index is 12.4. The van der Waals surface area contributed by atoms with E-state index < -0.39 is 0 Å². The van der Waals surface area contributed by atoms with Crippen LogP contribution in [0.25, 0.3) is 0 Å². The summed E-state index contributed by atoms with van der Waals surface area (Å²) in [6, 6.07) is 4.88. The molecular weight excluding hydrogens is 312 g/mol. The van der Waals surface area contributed by atoms with Crippen LogP contribution in [0.5, 0.6) is 0 Å². The molecule has 3 saturated heterocycles. The summed E-state index contributed by atoms with van der Waals surface area (Å²) in [4.78, 5) is 23.1. The summed E-state index contributed by atoms with van der Waals surface area (Å²) < 4.78 is 6.15. The van der Waals surface area contributed by atoms with Crippen molar-refractivity contribution in [3.63, 3.8) is 0 Å². The normalized spacial score (nSPS) is 31.5. The van der Waals surface area contributed by atoms with E-state index in [-0.39, 0.29) is 18.1 Å². The topological polar surface area (TPSA) is 42.0 Å². The molecule has 3 aliphatic rings. The number of nitrogens with zero attached hydrogens (tertiary/aromatic N) is 2. The van der Waals surface area contributed by atoms with E-state index in [9.17, 15) is 4.79 Å². The summed E-state index contributed by atoms with van der Waals surface area (Å²) in [5, 5.41) is 1.51. The van der Waals surface area contributed by atoms with Crippen LogP contribution < -0.4 is 0 Å². The monoisotopic (exact) mass is 336 g/mol. The third kappa shape index (κ3) is 3.18. The molecule has 0 unspecified atom stereocenters. The van der Waals surface area contributed by atoms with Crippen molar-refractivity contribution in [2.24, 2.45) is 0 Å². The van der Waals surface area contributed by atoms with E-state index in [1.807, 2.05) is 11.3 Å². The van der Waals surface area contributed by atoms with Gasteiger partial charge in [0.1, 0.15) is 6.10 Å². The highest BCUT2D eigenvalue weighted by Crippen LogP contribution is 2.34. The van der Waals surface area contributed by atoms with Crippen LogP contribution in [0.2, 0.25) is 0 Å². The van der Waals surface area contributed by atoms with Crippen LogP contribution in [0.1, 0.15) is 35.4 Å². The van der Waals surface area contributed by atoms with Crippen molar-refractivity contribution < 1.29 is 14.4 Å². The first-order valence-electron chi connectivity index (χ1n) is 8.60. The number of hydrogen-bond acceptors (Lipinski definition) is 5. The summed E-state index contributed by atoms with van der Waals surface area (Å²) in [5.41, 5.74) is 0. The van der Waals surface area contributed by atoms with Gasteiger partial charge in [0.2, 0.25) is 0 Å². The predicted octanol–water partition coefficient (Wildman–Crippen LogP) is 2.34. The second-order valence-corrected chi connectivity index (χ2v) is 8.08. The fourth-order valence-corrected chi connectivity index (χ4v) is 4.86. The Hall–Kier alpha value is -0.950. The van der Waals surface area contributed by atoms with Crippen LogP contribution in [-0.2, 0) is 20.9 Å². The molecule has 3 aliphatic heterocycles. The van der Waals surface area contributed by atoms with Crippen LogP contribution in [0.15, 0.2) is 12.1 Å². The van der Waals surface area contributed by atoms with Gasteiger partial charge in [0.15, 0.2) is 0 Å². The molecular formula is C17H24N2O3S. The average molecular weight is 336 g/mol. The molecule has 6 heteroatoms. The zero-order valence-electron chi connectivity index (χ0n) is 13.6. The van der Waals surface area contributed by atoms with E-state index in [0.717, 1.165) is 38.8 Å². The third-order valence-corrected chi connectivity index (χ3v) is 6.08. The summed E-state index contributed by atoms with van der Waals surface area (Å²) >= 11 is 1.88. The van der Waals surface area contributed by atoms with Gasteiger partial charge in [-0.15, -0.1) is 11.3 Å². The minimum atomic E-state index is -0.307. The molecule has 0 bridgehead atoms. The molecule has 0 radical (unpaired) electrons. The quantitative estimate of drug-likeness (QED) is 0.850. The molecule has 4 heterocycles. The lowest BCUT2D eigenvalue weighted by atomic mass is 9.98. The minimum absolute atomic E-state index is 0.0216. The van der Waals surface area contributed by atoms with Crippen molar-refractivity contribution in [1.82, 2.24) is 9.96 Å². The van der Waals surface area contributed by atoms with Crippen molar-refractivity contribution in [3.05, 3.63) is 21.9 Å². The van der Waals surface area contributed by atoms with Gasteiger partial charge in [0.05, 0.1) is 19.3 Å². The Morgan fingerprint density at radius 1 is 1.30 bits per heavy atom. The van der Waals surface area contributed by atoms with Gasteiger partial charge in [-0.3, -0.25) is 14.5 Å². The predicted molar refractivity (Wildman–Crippen MR) is 88.0 cm³/mol. The van der Waals surface area contributed by atoms with Crippen molar-refractivity contribution in [2.75, 3.05) is 19.7 Å². The lowest BCUT2D eigenvalue weighted by Crippen LogP contribution is -2.48. The van der Waals surface area contributed by atoms with Crippen LogP contribution in [0.4, 0.5) is 0 Å². The van der Waals surface area contributed by atoms with E-state index >= 15 is 0 Å². The Kier molecular flexibility index (Phi) is 4.41. The second-order valence-electron chi connectivity index (χ2n) is 6.71. The van der Waals surface area contributed by atoms with Crippen molar-refractivity contribution in [1.29, 1.82) is 0 Å². The fourth-order valence-electron chi connectivity index (χ4n) is 3.94. The fraction of sp³-hybridized carbons (Fsp3) is 0.706. The molecule has 4 rings (SSSR count). The highest BCUT2D eigenvalue weighted by molar-refractivity contribution is 7.11. The van der Waals surface area contributed by atoms with Gasteiger partial charge in [-0.2, -0.15) is 0 Å².